The zero-order valence-electron chi connectivity index (χ0n) is 15.3. The van der Waals surface area contributed by atoms with E-state index in [1.165, 1.54) is 12.1 Å². The molecule has 0 aliphatic carbocycles. The number of anilines is 1. The van der Waals surface area contributed by atoms with Gasteiger partial charge in [0.2, 0.25) is 0 Å². The van der Waals surface area contributed by atoms with Crippen LogP contribution in [0.2, 0.25) is 5.02 Å². The molecule has 2 aromatic rings. The van der Waals surface area contributed by atoms with E-state index in [4.69, 9.17) is 28.6 Å². The number of piperazine rings is 1. The van der Waals surface area contributed by atoms with E-state index in [1.54, 1.807) is 6.07 Å². The van der Waals surface area contributed by atoms with Crippen LogP contribution in [0.3, 0.4) is 0 Å². The highest BCUT2D eigenvalue weighted by Gasteiger charge is 2.19. The highest BCUT2D eigenvalue weighted by atomic mass is 35.5. The first-order valence-electron chi connectivity index (χ1n) is 9.00. The van der Waals surface area contributed by atoms with E-state index in [9.17, 15) is 4.39 Å². The SMILES string of the molecule is CCOc1ccc(NC(=S)N2CCN(Cc3ccc(F)cc3Cl)CC2)cc1. The second-order valence-electron chi connectivity index (χ2n) is 6.39. The third-order valence-electron chi connectivity index (χ3n) is 4.49. The lowest BCUT2D eigenvalue weighted by molar-refractivity contribution is 0.177. The van der Waals surface area contributed by atoms with Crippen LogP contribution in [0.15, 0.2) is 42.5 Å². The first-order chi connectivity index (χ1) is 13.0. The van der Waals surface area contributed by atoms with Crippen molar-refractivity contribution in [2.75, 3.05) is 38.1 Å². The summed E-state index contributed by atoms with van der Waals surface area (Å²) in [6, 6.07) is 12.4. The lowest BCUT2D eigenvalue weighted by Gasteiger charge is -2.36. The molecule has 1 heterocycles. The molecule has 2 aromatic carbocycles. The predicted octanol–water partition coefficient (Wildman–Crippen LogP) is 4.39. The fourth-order valence-electron chi connectivity index (χ4n) is 3.00. The number of nitrogens with one attached hydrogen (secondary N) is 1. The third kappa shape index (κ3) is 5.54. The molecule has 4 nitrogen and oxygen atoms in total. The summed E-state index contributed by atoms with van der Waals surface area (Å²) in [5.74, 6) is 0.543. The van der Waals surface area contributed by atoms with E-state index in [2.05, 4.69) is 15.1 Å². The van der Waals surface area contributed by atoms with Crippen molar-refractivity contribution >= 4 is 34.6 Å². The molecular weight excluding hydrogens is 385 g/mol. The minimum Gasteiger partial charge on any atom is -0.494 e. The molecule has 0 saturated carbocycles. The number of ether oxygens (including phenoxy) is 1. The first-order valence-corrected chi connectivity index (χ1v) is 9.79. The van der Waals surface area contributed by atoms with Crippen molar-refractivity contribution in [3.63, 3.8) is 0 Å². The maximum Gasteiger partial charge on any atom is 0.173 e. The fourth-order valence-corrected chi connectivity index (χ4v) is 3.53. The lowest BCUT2D eigenvalue weighted by atomic mass is 10.2. The van der Waals surface area contributed by atoms with Gasteiger partial charge >= 0.3 is 0 Å². The molecule has 1 N–H and O–H groups in total. The minimum atomic E-state index is -0.306. The van der Waals surface area contributed by atoms with E-state index >= 15 is 0 Å². The van der Waals surface area contributed by atoms with Crippen molar-refractivity contribution in [1.29, 1.82) is 0 Å². The highest BCUT2D eigenvalue weighted by molar-refractivity contribution is 7.80. The molecule has 3 rings (SSSR count). The molecule has 144 valence electrons. The molecule has 0 bridgehead atoms. The molecule has 0 spiro atoms. The number of rotatable bonds is 5. The average molecular weight is 408 g/mol. The summed E-state index contributed by atoms with van der Waals surface area (Å²) >= 11 is 11.7. The standard InChI is InChI=1S/C20H23ClFN3OS/c1-2-26-18-7-5-17(6-8-18)23-20(27)25-11-9-24(10-12-25)14-15-3-4-16(22)13-19(15)21/h3-8,13H,2,9-12,14H2,1H3,(H,23,27). The van der Waals surface area contributed by atoms with Crippen LogP contribution < -0.4 is 10.1 Å². The molecule has 0 amide bonds. The average Bonchev–Trinajstić information content (AvgIpc) is 2.66. The number of benzene rings is 2. The molecule has 1 aliphatic rings. The topological polar surface area (TPSA) is 27.7 Å². The van der Waals surface area contributed by atoms with E-state index in [0.717, 1.165) is 48.3 Å². The maximum atomic E-state index is 13.2. The normalized spacial score (nSPS) is 14.9. The Labute approximate surface area is 169 Å². The van der Waals surface area contributed by atoms with E-state index in [1.807, 2.05) is 31.2 Å². The number of halogens is 2. The highest BCUT2D eigenvalue weighted by Crippen LogP contribution is 2.20. The Morgan fingerprint density at radius 2 is 1.85 bits per heavy atom. The van der Waals surface area contributed by atoms with Gasteiger partial charge in [0.15, 0.2) is 5.11 Å². The Bertz CT molecular complexity index is 779. The zero-order chi connectivity index (χ0) is 19.2. The van der Waals surface area contributed by atoms with Crippen LogP contribution >= 0.6 is 23.8 Å². The van der Waals surface area contributed by atoms with Crippen LogP contribution in [-0.2, 0) is 6.54 Å². The van der Waals surface area contributed by atoms with Crippen molar-refractivity contribution < 1.29 is 9.13 Å². The van der Waals surface area contributed by atoms with Crippen LogP contribution in [0.25, 0.3) is 0 Å². The molecule has 1 aliphatic heterocycles. The number of thiocarbonyl (C=S) groups is 1. The van der Waals surface area contributed by atoms with Gasteiger partial charge in [-0.15, -0.1) is 0 Å². The smallest absolute Gasteiger partial charge is 0.173 e. The number of nitrogens with zero attached hydrogens (tertiary/aromatic N) is 2. The van der Waals surface area contributed by atoms with Gasteiger partial charge in [-0.3, -0.25) is 4.90 Å². The fraction of sp³-hybridized carbons (Fsp3) is 0.350. The van der Waals surface area contributed by atoms with Crippen LogP contribution in [0.5, 0.6) is 5.75 Å². The number of hydrogen-bond donors (Lipinski definition) is 1. The summed E-state index contributed by atoms with van der Waals surface area (Å²) in [5, 5.41) is 4.48. The van der Waals surface area contributed by atoms with Gasteiger partial charge in [0.25, 0.3) is 0 Å². The van der Waals surface area contributed by atoms with Crippen molar-refractivity contribution in [2.45, 2.75) is 13.5 Å². The Hall–Kier alpha value is -1.89. The number of hydrogen-bond acceptors (Lipinski definition) is 3. The zero-order valence-corrected chi connectivity index (χ0v) is 16.8. The van der Waals surface area contributed by atoms with Gasteiger partial charge < -0.3 is 15.0 Å². The quantitative estimate of drug-likeness (QED) is 0.742. The summed E-state index contributed by atoms with van der Waals surface area (Å²) in [6.45, 7) is 6.75. The lowest BCUT2D eigenvalue weighted by Crippen LogP contribution is -2.49. The van der Waals surface area contributed by atoms with Crippen LogP contribution in [0.4, 0.5) is 10.1 Å². The van der Waals surface area contributed by atoms with Crippen LogP contribution in [0, 0.1) is 5.82 Å². The Balaban J connectivity index is 1.48. The summed E-state index contributed by atoms with van der Waals surface area (Å²) in [5.41, 5.74) is 1.89. The largest absolute Gasteiger partial charge is 0.494 e. The Morgan fingerprint density at radius 3 is 2.48 bits per heavy atom. The van der Waals surface area contributed by atoms with E-state index in [-0.39, 0.29) is 5.82 Å². The Morgan fingerprint density at radius 1 is 1.15 bits per heavy atom. The second-order valence-corrected chi connectivity index (χ2v) is 7.18. The first kappa shape index (κ1) is 19.9. The summed E-state index contributed by atoms with van der Waals surface area (Å²) in [4.78, 5) is 4.46. The molecule has 1 fully saturated rings. The van der Waals surface area contributed by atoms with Gasteiger partial charge in [0, 0.05) is 43.4 Å². The third-order valence-corrected chi connectivity index (χ3v) is 5.20. The predicted molar refractivity (Wildman–Crippen MR) is 112 cm³/mol. The van der Waals surface area contributed by atoms with Crippen LogP contribution in [0.1, 0.15) is 12.5 Å². The maximum absolute atomic E-state index is 13.2. The molecule has 27 heavy (non-hydrogen) atoms. The Kier molecular flexibility index (Phi) is 6.88. The van der Waals surface area contributed by atoms with Crippen molar-refractivity contribution in [3.8, 4) is 5.75 Å². The van der Waals surface area contributed by atoms with Crippen molar-refractivity contribution in [3.05, 3.63) is 58.9 Å². The van der Waals surface area contributed by atoms with Gasteiger partial charge in [-0.1, -0.05) is 17.7 Å². The van der Waals surface area contributed by atoms with Crippen LogP contribution in [-0.4, -0.2) is 47.7 Å². The van der Waals surface area contributed by atoms with Gasteiger partial charge in [0.1, 0.15) is 11.6 Å². The molecule has 0 unspecified atom stereocenters. The summed E-state index contributed by atoms with van der Waals surface area (Å²) in [6.07, 6.45) is 0. The van der Waals surface area contributed by atoms with Gasteiger partial charge in [-0.25, -0.2) is 4.39 Å². The van der Waals surface area contributed by atoms with Gasteiger partial charge in [-0.2, -0.15) is 0 Å². The van der Waals surface area contributed by atoms with Gasteiger partial charge in [0.05, 0.1) is 6.61 Å². The molecule has 7 heteroatoms. The molecule has 0 atom stereocenters. The minimum absolute atomic E-state index is 0.306. The van der Waals surface area contributed by atoms with Crippen molar-refractivity contribution in [2.24, 2.45) is 0 Å². The summed E-state index contributed by atoms with van der Waals surface area (Å²) in [7, 11) is 0. The molecule has 1 saturated heterocycles. The van der Waals surface area contributed by atoms with Crippen molar-refractivity contribution in [1.82, 2.24) is 9.80 Å². The second kappa shape index (κ2) is 9.35. The van der Waals surface area contributed by atoms with E-state index < -0.39 is 0 Å². The summed E-state index contributed by atoms with van der Waals surface area (Å²) < 4.78 is 18.6. The monoisotopic (exact) mass is 407 g/mol. The van der Waals surface area contributed by atoms with E-state index in [0.29, 0.717) is 18.2 Å². The molecule has 0 aromatic heterocycles. The van der Waals surface area contributed by atoms with Gasteiger partial charge in [-0.05, 0) is 61.1 Å². The molecular formula is C20H23ClFN3OS. The molecule has 0 radical (unpaired) electrons.